The maximum atomic E-state index is 9.22. The second-order valence-electron chi connectivity index (χ2n) is 4.22. The second-order valence-corrected chi connectivity index (χ2v) is 5.33. The van der Waals surface area contributed by atoms with Crippen molar-refractivity contribution in [3.63, 3.8) is 0 Å². The fourth-order valence-electron chi connectivity index (χ4n) is 1.63. The first kappa shape index (κ1) is 14.5. The van der Waals surface area contributed by atoms with Crippen LogP contribution in [0, 0.1) is 6.92 Å². The van der Waals surface area contributed by atoms with Crippen LogP contribution in [0.3, 0.4) is 0 Å². The lowest BCUT2D eigenvalue weighted by atomic mass is 10.2. The van der Waals surface area contributed by atoms with E-state index in [9.17, 15) is 5.11 Å². The smallest absolute Gasteiger partial charge is 0.0939 e. The van der Waals surface area contributed by atoms with E-state index < -0.39 is 0 Å². The highest BCUT2D eigenvalue weighted by Gasteiger charge is 2.07. The van der Waals surface area contributed by atoms with E-state index in [0.29, 0.717) is 0 Å². The summed E-state index contributed by atoms with van der Waals surface area (Å²) in [6.07, 6.45) is 2.08. The van der Waals surface area contributed by atoms with Crippen molar-refractivity contribution >= 4 is 11.8 Å². The SMILES string of the molecule is CCCNC(CO)CCSc1cc(C)nn1C. The zero-order valence-electron chi connectivity index (χ0n) is 10.9. The summed E-state index contributed by atoms with van der Waals surface area (Å²) in [5, 5.41) is 18.1. The molecule has 0 saturated carbocycles. The van der Waals surface area contributed by atoms with Crippen LogP contribution in [-0.2, 0) is 7.05 Å². The number of hydrogen-bond acceptors (Lipinski definition) is 4. The minimum absolute atomic E-state index is 0.213. The lowest BCUT2D eigenvalue weighted by molar-refractivity contribution is 0.240. The average Bonchev–Trinajstić information content (AvgIpc) is 2.62. The Morgan fingerprint density at radius 1 is 1.59 bits per heavy atom. The van der Waals surface area contributed by atoms with Gasteiger partial charge in [-0.3, -0.25) is 4.68 Å². The molecule has 1 heterocycles. The van der Waals surface area contributed by atoms with Gasteiger partial charge in [0.2, 0.25) is 0 Å². The van der Waals surface area contributed by atoms with Gasteiger partial charge in [0, 0.05) is 18.8 Å². The molecule has 98 valence electrons. The van der Waals surface area contributed by atoms with Gasteiger partial charge in [-0.05, 0) is 32.4 Å². The first-order chi connectivity index (χ1) is 8.17. The number of thioether (sulfide) groups is 1. The van der Waals surface area contributed by atoms with E-state index in [0.717, 1.165) is 30.8 Å². The highest BCUT2D eigenvalue weighted by molar-refractivity contribution is 7.99. The van der Waals surface area contributed by atoms with Crippen LogP contribution < -0.4 is 5.32 Å². The van der Waals surface area contributed by atoms with Crippen molar-refractivity contribution in [1.82, 2.24) is 15.1 Å². The number of nitrogens with one attached hydrogen (secondary N) is 1. The van der Waals surface area contributed by atoms with E-state index in [1.807, 2.05) is 18.7 Å². The lowest BCUT2D eigenvalue weighted by Gasteiger charge is -2.15. The van der Waals surface area contributed by atoms with Crippen molar-refractivity contribution in [2.75, 3.05) is 18.9 Å². The minimum atomic E-state index is 0.213. The molecular formula is C12H23N3OS. The molecule has 4 nitrogen and oxygen atoms in total. The Morgan fingerprint density at radius 3 is 2.88 bits per heavy atom. The Labute approximate surface area is 108 Å². The Bertz CT molecular complexity index is 328. The molecular weight excluding hydrogens is 234 g/mol. The van der Waals surface area contributed by atoms with E-state index in [1.54, 1.807) is 11.8 Å². The summed E-state index contributed by atoms with van der Waals surface area (Å²) in [4.78, 5) is 0. The van der Waals surface area contributed by atoms with Crippen molar-refractivity contribution in [2.24, 2.45) is 7.05 Å². The van der Waals surface area contributed by atoms with Crippen LogP contribution in [-0.4, -0.2) is 39.8 Å². The number of aliphatic hydroxyl groups is 1. The van der Waals surface area contributed by atoms with Crippen molar-refractivity contribution in [1.29, 1.82) is 0 Å². The van der Waals surface area contributed by atoms with Crippen molar-refractivity contribution in [3.05, 3.63) is 11.8 Å². The van der Waals surface area contributed by atoms with Crippen LogP contribution in [0.1, 0.15) is 25.5 Å². The summed E-state index contributed by atoms with van der Waals surface area (Å²) < 4.78 is 1.91. The molecule has 0 saturated heterocycles. The summed E-state index contributed by atoms with van der Waals surface area (Å²) in [6, 6.07) is 2.31. The number of hydrogen-bond donors (Lipinski definition) is 2. The van der Waals surface area contributed by atoms with Crippen molar-refractivity contribution < 1.29 is 5.11 Å². The molecule has 0 bridgehead atoms. The van der Waals surface area contributed by atoms with E-state index in [-0.39, 0.29) is 12.6 Å². The third kappa shape index (κ3) is 5.10. The quantitative estimate of drug-likeness (QED) is 0.694. The Morgan fingerprint density at radius 2 is 2.35 bits per heavy atom. The van der Waals surface area contributed by atoms with Crippen molar-refractivity contribution in [3.8, 4) is 0 Å². The van der Waals surface area contributed by atoms with Gasteiger partial charge >= 0.3 is 0 Å². The molecule has 5 heteroatoms. The summed E-state index contributed by atoms with van der Waals surface area (Å²) >= 11 is 1.79. The summed E-state index contributed by atoms with van der Waals surface area (Å²) in [5.74, 6) is 1.00. The van der Waals surface area contributed by atoms with E-state index >= 15 is 0 Å². The normalized spacial score (nSPS) is 12.9. The standard InChI is InChI=1S/C12H23N3OS/c1-4-6-13-11(9-16)5-7-17-12-8-10(2)14-15(12)3/h8,11,13,16H,4-7,9H2,1-3H3. The molecule has 0 aromatic carbocycles. The molecule has 0 amide bonds. The molecule has 1 unspecified atom stereocenters. The second kappa shape index (κ2) is 7.74. The average molecular weight is 257 g/mol. The zero-order valence-corrected chi connectivity index (χ0v) is 11.8. The minimum Gasteiger partial charge on any atom is -0.395 e. The van der Waals surface area contributed by atoms with Gasteiger partial charge in [0.1, 0.15) is 0 Å². The highest BCUT2D eigenvalue weighted by atomic mass is 32.2. The molecule has 0 aliphatic carbocycles. The molecule has 0 radical (unpaired) electrons. The summed E-state index contributed by atoms with van der Waals surface area (Å²) in [6.45, 7) is 5.32. The molecule has 0 spiro atoms. The number of aliphatic hydroxyl groups excluding tert-OH is 1. The molecule has 1 atom stereocenters. The van der Waals surface area contributed by atoms with Gasteiger partial charge in [-0.2, -0.15) is 5.10 Å². The fraction of sp³-hybridized carbons (Fsp3) is 0.750. The largest absolute Gasteiger partial charge is 0.395 e. The molecule has 0 aliphatic heterocycles. The Balaban J connectivity index is 2.28. The van der Waals surface area contributed by atoms with Crippen LogP contribution in [0.25, 0.3) is 0 Å². The molecule has 17 heavy (non-hydrogen) atoms. The van der Waals surface area contributed by atoms with Crippen molar-refractivity contribution in [2.45, 2.75) is 37.8 Å². The molecule has 2 N–H and O–H groups in total. The van der Waals surface area contributed by atoms with Gasteiger partial charge in [0.25, 0.3) is 0 Å². The van der Waals surface area contributed by atoms with Crippen LogP contribution in [0.15, 0.2) is 11.1 Å². The molecule has 1 rings (SSSR count). The maximum absolute atomic E-state index is 9.22. The van der Waals surface area contributed by atoms with Crippen LogP contribution in [0.4, 0.5) is 0 Å². The number of rotatable bonds is 8. The Hall–Kier alpha value is -0.520. The van der Waals surface area contributed by atoms with Crippen LogP contribution in [0.2, 0.25) is 0 Å². The van der Waals surface area contributed by atoms with Gasteiger partial charge in [0.05, 0.1) is 17.3 Å². The van der Waals surface area contributed by atoms with E-state index in [1.165, 1.54) is 5.03 Å². The number of nitrogens with zero attached hydrogens (tertiary/aromatic N) is 2. The summed E-state index contributed by atoms with van der Waals surface area (Å²) in [5.41, 5.74) is 1.05. The number of aromatic nitrogens is 2. The molecule has 0 aliphatic rings. The Kier molecular flexibility index (Phi) is 6.62. The van der Waals surface area contributed by atoms with Gasteiger partial charge in [-0.15, -0.1) is 11.8 Å². The van der Waals surface area contributed by atoms with Gasteiger partial charge < -0.3 is 10.4 Å². The van der Waals surface area contributed by atoms with E-state index in [2.05, 4.69) is 23.4 Å². The monoisotopic (exact) mass is 257 g/mol. The molecule has 1 aromatic rings. The first-order valence-corrected chi connectivity index (χ1v) is 7.13. The maximum Gasteiger partial charge on any atom is 0.0939 e. The van der Waals surface area contributed by atoms with E-state index in [4.69, 9.17) is 0 Å². The van der Waals surface area contributed by atoms with Gasteiger partial charge in [-0.1, -0.05) is 6.92 Å². The highest BCUT2D eigenvalue weighted by Crippen LogP contribution is 2.19. The lowest BCUT2D eigenvalue weighted by Crippen LogP contribution is -2.33. The van der Waals surface area contributed by atoms with Crippen LogP contribution >= 0.6 is 11.8 Å². The van der Waals surface area contributed by atoms with Gasteiger partial charge in [0.15, 0.2) is 0 Å². The topological polar surface area (TPSA) is 50.1 Å². The predicted molar refractivity (Wildman–Crippen MR) is 72.5 cm³/mol. The predicted octanol–water partition coefficient (Wildman–Crippen LogP) is 1.57. The first-order valence-electron chi connectivity index (χ1n) is 6.15. The molecule has 0 fully saturated rings. The fourth-order valence-corrected chi connectivity index (χ4v) is 2.73. The van der Waals surface area contributed by atoms with Crippen LogP contribution in [0.5, 0.6) is 0 Å². The van der Waals surface area contributed by atoms with Gasteiger partial charge in [-0.25, -0.2) is 0 Å². The third-order valence-corrected chi connectivity index (χ3v) is 3.70. The molecule has 1 aromatic heterocycles. The third-order valence-electron chi connectivity index (χ3n) is 2.58. The number of aryl methyl sites for hydroxylation is 2. The zero-order chi connectivity index (χ0) is 12.7. The summed E-state index contributed by atoms with van der Waals surface area (Å²) in [7, 11) is 1.97.